The van der Waals surface area contributed by atoms with Crippen LogP contribution in [-0.4, -0.2) is 49.4 Å². The molecule has 2 fully saturated rings. The lowest BCUT2D eigenvalue weighted by atomic mass is 9.87. The largest absolute Gasteiger partial charge is 0.306 e. The van der Waals surface area contributed by atoms with E-state index in [1.807, 2.05) is 29.2 Å². The molecule has 2 atom stereocenters. The molecule has 30 heavy (non-hydrogen) atoms. The average molecular weight is 431 g/mol. The first-order valence-corrected chi connectivity index (χ1v) is 12.0. The second kappa shape index (κ2) is 7.46. The fraction of sp³-hybridized carbons (Fsp3) is 0.435. The molecule has 160 valence electrons. The molecule has 4 rings (SSSR count). The number of benzene rings is 2. The first-order valence-electron chi connectivity index (χ1n) is 10.1. The predicted octanol–water partition coefficient (Wildman–Crippen LogP) is 3.14. The molecule has 1 amide bonds. The SMILES string of the molecule is CC(C)(C)c1ccc(N2C(=O)CN(Cc3ccc(F)cc3)C3CS(=O)(=O)CC32)cc1. The zero-order chi connectivity index (χ0) is 21.7. The Hall–Kier alpha value is -2.25. The van der Waals surface area contributed by atoms with E-state index >= 15 is 0 Å². The van der Waals surface area contributed by atoms with E-state index in [4.69, 9.17) is 0 Å². The summed E-state index contributed by atoms with van der Waals surface area (Å²) in [5, 5.41) is 0. The summed E-state index contributed by atoms with van der Waals surface area (Å²) in [6.07, 6.45) is 0. The van der Waals surface area contributed by atoms with E-state index < -0.39 is 15.9 Å². The zero-order valence-corrected chi connectivity index (χ0v) is 18.3. The highest BCUT2D eigenvalue weighted by molar-refractivity contribution is 7.91. The van der Waals surface area contributed by atoms with E-state index in [-0.39, 0.29) is 41.2 Å². The summed E-state index contributed by atoms with van der Waals surface area (Å²) < 4.78 is 38.2. The number of sulfone groups is 1. The van der Waals surface area contributed by atoms with Gasteiger partial charge in [0.2, 0.25) is 5.91 Å². The van der Waals surface area contributed by atoms with Crippen molar-refractivity contribution in [1.29, 1.82) is 0 Å². The second-order valence-electron chi connectivity index (χ2n) is 9.30. The molecule has 5 nitrogen and oxygen atoms in total. The molecule has 2 aromatic rings. The van der Waals surface area contributed by atoms with Crippen molar-refractivity contribution in [1.82, 2.24) is 4.90 Å². The molecule has 2 saturated heterocycles. The molecule has 7 heteroatoms. The summed E-state index contributed by atoms with van der Waals surface area (Å²) in [6.45, 7) is 6.93. The standard InChI is InChI=1S/C23H27FN2O3S/c1-23(2,3)17-6-10-19(11-7-17)26-21-15-30(28,29)14-20(21)25(13-22(26)27)12-16-4-8-18(24)9-5-16/h4-11,20-21H,12-15H2,1-3H3. The van der Waals surface area contributed by atoms with Gasteiger partial charge in [-0.1, -0.05) is 45.0 Å². The summed E-state index contributed by atoms with van der Waals surface area (Å²) in [4.78, 5) is 16.7. The molecule has 0 bridgehead atoms. The van der Waals surface area contributed by atoms with Gasteiger partial charge in [0.15, 0.2) is 9.84 Å². The molecule has 2 aliphatic heterocycles. The van der Waals surface area contributed by atoms with Gasteiger partial charge in [-0.15, -0.1) is 0 Å². The van der Waals surface area contributed by atoms with Crippen LogP contribution in [0.4, 0.5) is 10.1 Å². The zero-order valence-electron chi connectivity index (χ0n) is 17.5. The van der Waals surface area contributed by atoms with Crippen molar-refractivity contribution in [2.24, 2.45) is 0 Å². The number of hydrogen-bond acceptors (Lipinski definition) is 4. The third-order valence-electron chi connectivity index (χ3n) is 6.01. The summed E-state index contributed by atoms with van der Waals surface area (Å²) >= 11 is 0. The molecular weight excluding hydrogens is 403 g/mol. The van der Waals surface area contributed by atoms with Gasteiger partial charge in [0.05, 0.1) is 24.1 Å². The lowest BCUT2D eigenvalue weighted by Crippen LogP contribution is -2.61. The molecule has 2 aromatic carbocycles. The van der Waals surface area contributed by atoms with E-state index in [1.54, 1.807) is 17.0 Å². The summed E-state index contributed by atoms with van der Waals surface area (Å²) in [5.74, 6) is -0.439. The number of hydrogen-bond donors (Lipinski definition) is 0. The van der Waals surface area contributed by atoms with Crippen molar-refractivity contribution >= 4 is 21.4 Å². The lowest BCUT2D eigenvalue weighted by Gasteiger charge is -2.43. The highest BCUT2D eigenvalue weighted by atomic mass is 32.2. The van der Waals surface area contributed by atoms with Gasteiger partial charge in [0.25, 0.3) is 0 Å². The van der Waals surface area contributed by atoms with E-state index in [2.05, 4.69) is 20.8 Å². The Morgan fingerprint density at radius 2 is 1.57 bits per heavy atom. The molecule has 0 N–H and O–H groups in total. The number of piperazine rings is 1. The number of halogens is 1. The molecule has 0 saturated carbocycles. The van der Waals surface area contributed by atoms with Gasteiger partial charge in [-0.2, -0.15) is 0 Å². The van der Waals surface area contributed by atoms with Crippen LogP contribution in [0, 0.1) is 5.82 Å². The Labute approximate surface area is 177 Å². The van der Waals surface area contributed by atoms with Gasteiger partial charge >= 0.3 is 0 Å². The van der Waals surface area contributed by atoms with Gasteiger partial charge < -0.3 is 4.90 Å². The lowest BCUT2D eigenvalue weighted by molar-refractivity contribution is -0.123. The van der Waals surface area contributed by atoms with Crippen LogP contribution in [-0.2, 0) is 26.6 Å². The van der Waals surface area contributed by atoms with Crippen LogP contribution in [0.1, 0.15) is 31.9 Å². The maximum absolute atomic E-state index is 13.2. The summed E-state index contributed by atoms with van der Waals surface area (Å²) in [5.41, 5.74) is 2.75. The maximum Gasteiger partial charge on any atom is 0.241 e. The number of rotatable bonds is 3. The van der Waals surface area contributed by atoms with Gasteiger partial charge in [-0.3, -0.25) is 9.69 Å². The third-order valence-corrected chi connectivity index (χ3v) is 7.71. The number of carbonyl (C=O) groups is 1. The van der Waals surface area contributed by atoms with E-state index in [0.717, 1.165) is 16.8 Å². The van der Waals surface area contributed by atoms with Gasteiger partial charge in [0.1, 0.15) is 5.82 Å². The van der Waals surface area contributed by atoms with Crippen LogP contribution >= 0.6 is 0 Å². The van der Waals surface area contributed by atoms with Crippen molar-refractivity contribution in [2.75, 3.05) is 23.0 Å². The first kappa shape index (κ1) is 21.0. The Morgan fingerprint density at radius 3 is 2.17 bits per heavy atom. The second-order valence-corrected chi connectivity index (χ2v) is 11.5. The van der Waals surface area contributed by atoms with Crippen molar-refractivity contribution < 1.29 is 17.6 Å². The van der Waals surface area contributed by atoms with Crippen LogP contribution in [0.3, 0.4) is 0 Å². The minimum absolute atomic E-state index is 0.00434. The Morgan fingerprint density at radius 1 is 0.967 bits per heavy atom. The molecule has 2 aliphatic rings. The van der Waals surface area contributed by atoms with Gasteiger partial charge in [-0.05, 0) is 40.8 Å². The third kappa shape index (κ3) is 4.14. The van der Waals surface area contributed by atoms with Crippen LogP contribution in [0.15, 0.2) is 48.5 Å². The molecule has 0 aromatic heterocycles. The molecular formula is C23H27FN2O3S. The number of anilines is 1. The minimum Gasteiger partial charge on any atom is -0.306 e. The molecule has 0 aliphatic carbocycles. The molecule has 0 radical (unpaired) electrons. The van der Waals surface area contributed by atoms with E-state index in [9.17, 15) is 17.6 Å². The van der Waals surface area contributed by atoms with Gasteiger partial charge in [-0.25, -0.2) is 12.8 Å². The summed E-state index contributed by atoms with van der Waals surface area (Å²) in [6, 6.07) is 13.3. The van der Waals surface area contributed by atoms with Crippen molar-refractivity contribution in [2.45, 2.75) is 44.8 Å². The highest BCUT2D eigenvalue weighted by Crippen LogP contribution is 2.33. The van der Waals surface area contributed by atoms with Crippen LogP contribution in [0.2, 0.25) is 0 Å². The van der Waals surface area contributed by atoms with Gasteiger partial charge in [0, 0.05) is 18.3 Å². The van der Waals surface area contributed by atoms with Crippen molar-refractivity contribution in [3.05, 3.63) is 65.5 Å². The highest BCUT2D eigenvalue weighted by Gasteiger charge is 2.49. The monoisotopic (exact) mass is 430 g/mol. The van der Waals surface area contributed by atoms with Crippen LogP contribution in [0.5, 0.6) is 0 Å². The number of fused-ring (bicyclic) bond motifs is 1. The Balaban J connectivity index is 1.63. The Kier molecular flexibility index (Phi) is 5.22. The summed E-state index contributed by atoms with van der Waals surface area (Å²) in [7, 11) is -3.25. The normalized spacial score (nSPS) is 24.1. The first-order chi connectivity index (χ1) is 14.0. The minimum atomic E-state index is -3.25. The van der Waals surface area contributed by atoms with E-state index in [1.165, 1.54) is 12.1 Å². The van der Waals surface area contributed by atoms with Crippen LogP contribution in [0.25, 0.3) is 0 Å². The molecule has 2 heterocycles. The predicted molar refractivity (Wildman–Crippen MR) is 116 cm³/mol. The quantitative estimate of drug-likeness (QED) is 0.751. The fourth-order valence-corrected chi connectivity index (χ4v) is 6.39. The average Bonchev–Trinajstić information content (AvgIpc) is 2.98. The fourth-order valence-electron chi connectivity index (χ4n) is 4.41. The number of nitrogens with zero attached hydrogens (tertiary/aromatic N) is 2. The molecule has 0 spiro atoms. The number of amides is 1. The Bertz CT molecular complexity index is 1040. The van der Waals surface area contributed by atoms with Crippen molar-refractivity contribution in [3.8, 4) is 0 Å². The number of carbonyl (C=O) groups excluding carboxylic acids is 1. The van der Waals surface area contributed by atoms with Crippen LogP contribution < -0.4 is 4.90 Å². The topological polar surface area (TPSA) is 57.7 Å². The van der Waals surface area contributed by atoms with E-state index in [0.29, 0.717) is 6.54 Å². The van der Waals surface area contributed by atoms with Crippen molar-refractivity contribution in [3.63, 3.8) is 0 Å². The molecule has 2 unspecified atom stereocenters. The maximum atomic E-state index is 13.2. The smallest absolute Gasteiger partial charge is 0.241 e.